The smallest absolute Gasteiger partial charge is 0.0542 e. The molecule has 0 atom stereocenters. The van der Waals surface area contributed by atoms with E-state index in [1.54, 1.807) is 0 Å². The molecule has 0 aliphatic carbocycles. The number of nitrogens with zero attached hydrogens (tertiary/aromatic N) is 1. The Morgan fingerprint density at radius 1 is 1.25 bits per heavy atom. The topological polar surface area (TPSA) is 3.24 Å². The molecule has 1 fully saturated rings. The lowest BCUT2D eigenvalue weighted by Gasteiger charge is -2.06. The molecule has 1 aliphatic rings. The first-order chi connectivity index (χ1) is 3.43. The molecule has 0 aromatic heterocycles. The van der Waals surface area contributed by atoms with Crippen LogP contribution in [-0.4, -0.2) is 23.4 Å². The van der Waals surface area contributed by atoms with Crippen molar-refractivity contribution >= 4 is 32.9 Å². The molecule has 0 aromatic rings. The Kier molecular flexibility index (Phi) is 5.31. The average molecular weight is 245 g/mol. The fraction of sp³-hybridized carbons (Fsp3) is 1.00. The van der Waals surface area contributed by atoms with Gasteiger partial charge < -0.3 is 0 Å². The normalized spacial score (nSPS) is 20.6. The summed E-state index contributed by atoms with van der Waals surface area (Å²) >= 11 is 3.40. The molecule has 0 N–H and O–H groups in total. The Morgan fingerprint density at radius 2 is 1.75 bits per heavy atom. The quantitative estimate of drug-likeness (QED) is 0.504. The van der Waals surface area contributed by atoms with Gasteiger partial charge in [-0.3, -0.25) is 4.90 Å². The van der Waals surface area contributed by atoms with Gasteiger partial charge in [0.2, 0.25) is 0 Å². The van der Waals surface area contributed by atoms with Crippen molar-refractivity contribution in [3.63, 3.8) is 0 Å². The SMILES string of the molecule is Br.BrCN1CCCC1. The summed E-state index contributed by atoms with van der Waals surface area (Å²) in [5.74, 6) is 0. The summed E-state index contributed by atoms with van der Waals surface area (Å²) in [6, 6.07) is 0. The van der Waals surface area contributed by atoms with Gasteiger partial charge in [0.25, 0.3) is 0 Å². The van der Waals surface area contributed by atoms with E-state index in [1.165, 1.54) is 25.9 Å². The van der Waals surface area contributed by atoms with Gasteiger partial charge in [0.05, 0.1) is 5.45 Å². The van der Waals surface area contributed by atoms with Gasteiger partial charge in [-0.2, -0.15) is 0 Å². The molecule has 3 heteroatoms. The molecule has 0 amide bonds. The van der Waals surface area contributed by atoms with E-state index in [4.69, 9.17) is 0 Å². The number of hydrogen-bond donors (Lipinski definition) is 0. The van der Waals surface area contributed by atoms with E-state index in [9.17, 15) is 0 Å². The van der Waals surface area contributed by atoms with Gasteiger partial charge >= 0.3 is 0 Å². The van der Waals surface area contributed by atoms with Crippen LogP contribution in [-0.2, 0) is 0 Å². The molecule has 1 heterocycles. The van der Waals surface area contributed by atoms with Crippen LogP contribution in [0.2, 0.25) is 0 Å². The van der Waals surface area contributed by atoms with Gasteiger partial charge in [-0.15, -0.1) is 17.0 Å². The van der Waals surface area contributed by atoms with Gasteiger partial charge in [0.1, 0.15) is 0 Å². The number of alkyl halides is 1. The van der Waals surface area contributed by atoms with Crippen molar-refractivity contribution < 1.29 is 0 Å². The van der Waals surface area contributed by atoms with Gasteiger partial charge in [-0.25, -0.2) is 0 Å². The summed E-state index contributed by atoms with van der Waals surface area (Å²) in [6.07, 6.45) is 2.79. The minimum Gasteiger partial charge on any atom is -0.293 e. The summed E-state index contributed by atoms with van der Waals surface area (Å²) in [4.78, 5) is 2.40. The van der Waals surface area contributed by atoms with E-state index in [0.717, 1.165) is 5.45 Å². The second-order valence-electron chi connectivity index (χ2n) is 1.94. The molecule has 0 bridgehead atoms. The van der Waals surface area contributed by atoms with Crippen LogP contribution >= 0.6 is 32.9 Å². The maximum absolute atomic E-state index is 3.40. The van der Waals surface area contributed by atoms with Crippen LogP contribution in [0.1, 0.15) is 12.8 Å². The monoisotopic (exact) mass is 243 g/mol. The number of likely N-dealkylation sites (tertiary alicyclic amines) is 1. The molecule has 1 saturated heterocycles. The molecule has 1 nitrogen and oxygen atoms in total. The molecule has 0 aromatic carbocycles. The second kappa shape index (κ2) is 4.77. The Labute approximate surface area is 69.3 Å². The minimum atomic E-state index is 0. The Morgan fingerprint density at radius 3 is 2.00 bits per heavy atom. The fourth-order valence-corrected chi connectivity index (χ4v) is 1.40. The summed E-state index contributed by atoms with van der Waals surface area (Å²) < 4.78 is 0. The number of halogens is 2. The molecule has 0 unspecified atom stereocenters. The zero-order valence-electron chi connectivity index (χ0n) is 4.77. The lowest BCUT2D eigenvalue weighted by molar-refractivity contribution is 0.405. The highest BCUT2D eigenvalue weighted by molar-refractivity contribution is 9.09. The molecule has 0 saturated carbocycles. The van der Waals surface area contributed by atoms with E-state index < -0.39 is 0 Å². The summed E-state index contributed by atoms with van der Waals surface area (Å²) in [5, 5.41) is 0. The first-order valence-corrected chi connectivity index (χ1v) is 3.84. The Balaban J connectivity index is 0.000000490. The van der Waals surface area contributed by atoms with E-state index >= 15 is 0 Å². The van der Waals surface area contributed by atoms with Gasteiger partial charge in [0, 0.05) is 0 Å². The van der Waals surface area contributed by atoms with Crippen LogP contribution < -0.4 is 0 Å². The molecule has 1 aliphatic heterocycles. The lowest BCUT2D eigenvalue weighted by atomic mass is 10.4. The summed E-state index contributed by atoms with van der Waals surface area (Å²) in [6.45, 7) is 2.59. The standard InChI is InChI=1S/C5H10BrN.BrH/c6-5-7-3-1-2-4-7;/h1-5H2;1H. The molecule has 1 rings (SSSR count). The zero-order valence-corrected chi connectivity index (χ0v) is 8.07. The molecular weight excluding hydrogens is 234 g/mol. The van der Waals surface area contributed by atoms with E-state index in [0.29, 0.717) is 0 Å². The fourth-order valence-electron chi connectivity index (χ4n) is 0.902. The van der Waals surface area contributed by atoms with Crippen LogP contribution in [0.25, 0.3) is 0 Å². The average Bonchev–Trinajstić information content (AvgIpc) is 2.14. The van der Waals surface area contributed by atoms with Gasteiger partial charge in [-0.1, -0.05) is 15.9 Å². The van der Waals surface area contributed by atoms with Gasteiger partial charge in [0.15, 0.2) is 0 Å². The first-order valence-electron chi connectivity index (χ1n) is 2.72. The van der Waals surface area contributed by atoms with Crippen molar-refractivity contribution in [2.45, 2.75) is 12.8 Å². The third-order valence-electron chi connectivity index (χ3n) is 1.37. The van der Waals surface area contributed by atoms with Crippen LogP contribution in [0, 0.1) is 0 Å². The van der Waals surface area contributed by atoms with Crippen molar-refractivity contribution in [1.82, 2.24) is 4.90 Å². The minimum absolute atomic E-state index is 0. The van der Waals surface area contributed by atoms with Crippen LogP contribution in [0.3, 0.4) is 0 Å². The largest absolute Gasteiger partial charge is 0.293 e. The maximum atomic E-state index is 3.40. The van der Waals surface area contributed by atoms with Crippen molar-refractivity contribution in [3.05, 3.63) is 0 Å². The van der Waals surface area contributed by atoms with Crippen molar-refractivity contribution in [1.29, 1.82) is 0 Å². The first kappa shape index (κ1) is 8.92. The highest BCUT2D eigenvalue weighted by Crippen LogP contribution is 2.07. The van der Waals surface area contributed by atoms with Gasteiger partial charge in [-0.05, 0) is 25.9 Å². The molecule has 0 spiro atoms. The van der Waals surface area contributed by atoms with Crippen molar-refractivity contribution in [2.75, 3.05) is 18.5 Å². The second-order valence-corrected chi connectivity index (χ2v) is 2.45. The molecule has 8 heavy (non-hydrogen) atoms. The Hall–Kier alpha value is 0.920. The molecular formula is C5H11Br2N. The third kappa shape index (κ3) is 2.46. The van der Waals surface area contributed by atoms with Crippen molar-refractivity contribution in [3.8, 4) is 0 Å². The lowest BCUT2D eigenvalue weighted by Crippen LogP contribution is -2.15. The Bertz CT molecular complexity index is 52.4. The van der Waals surface area contributed by atoms with E-state index in [-0.39, 0.29) is 17.0 Å². The van der Waals surface area contributed by atoms with E-state index in [1.807, 2.05) is 0 Å². The predicted octanol–water partition coefficient (Wildman–Crippen LogP) is 2.01. The molecule has 0 radical (unpaired) electrons. The van der Waals surface area contributed by atoms with Crippen molar-refractivity contribution in [2.24, 2.45) is 0 Å². The van der Waals surface area contributed by atoms with Crippen LogP contribution in [0.5, 0.6) is 0 Å². The summed E-state index contributed by atoms with van der Waals surface area (Å²) in [7, 11) is 0. The third-order valence-corrected chi connectivity index (χ3v) is 2.08. The zero-order chi connectivity index (χ0) is 5.11. The number of hydrogen-bond acceptors (Lipinski definition) is 1. The maximum Gasteiger partial charge on any atom is 0.0542 e. The summed E-state index contributed by atoms with van der Waals surface area (Å²) in [5.41, 5.74) is 1.06. The van der Waals surface area contributed by atoms with E-state index in [2.05, 4.69) is 20.8 Å². The predicted molar refractivity (Wildman–Crippen MR) is 44.9 cm³/mol. The highest BCUT2D eigenvalue weighted by Gasteiger charge is 2.07. The van der Waals surface area contributed by atoms with Crippen LogP contribution in [0.15, 0.2) is 0 Å². The highest BCUT2D eigenvalue weighted by atomic mass is 79.9. The molecule has 50 valence electrons. The van der Waals surface area contributed by atoms with Crippen LogP contribution in [0.4, 0.5) is 0 Å². The number of rotatable bonds is 1.